The molecule has 0 bridgehead atoms. The van der Waals surface area contributed by atoms with Crippen LogP contribution in [0.25, 0.3) is 0 Å². The first-order chi connectivity index (χ1) is 16.6. The summed E-state index contributed by atoms with van der Waals surface area (Å²) in [7, 11) is 1.80. The van der Waals surface area contributed by atoms with Crippen molar-refractivity contribution in [2.24, 2.45) is 5.92 Å². The van der Waals surface area contributed by atoms with Gasteiger partial charge in [0.2, 0.25) is 18.2 Å². The van der Waals surface area contributed by atoms with Crippen LogP contribution in [0.2, 0.25) is 0 Å². The van der Waals surface area contributed by atoms with E-state index in [1.807, 2.05) is 44.4 Å². The number of hydrogen-bond acceptors (Lipinski definition) is 4. The molecule has 2 rings (SSSR count). The van der Waals surface area contributed by atoms with Crippen LogP contribution in [0.15, 0.2) is 0 Å². The topological polar surface area (TPSA) is 73.0 Å². The molecule has 200 valence electrons. The molecule has 2 aliphatic rings. The highest BCUT2D eigenvalue weighted by molar-refractivity contribution is 5.86. The molecule has 2 saturated heterocycles. The van der Waals surface area contributed by atoms with E-state index >= 15 is 0 Å². The Bertz CT molecular complexity index is 524. The van der Waals surface area contributed by atoms with E-state index in [4.69, 9.17) is 0 Å². The van der Waals surface area contributed by atoms with Crippen LogP contribution in [0.4, 0.5) is 0 Å². The molecule has 0 aromatic carbocycles. The number of nitrogens with one attached hydrogen (secondary N) is 1. The summed E-state index contributed by atoms with van der Waals surface area (Å²) in [4.78, 5) is 42.6. The van der Waals surface area contributed by atoms with E-state index in [1.54, 1.807) is 11.9 Å². The summed E-state index contributed by atoms with van der Waals surface area (Å²) in [5.41, 5.74) is 0. The molecule has 7 nitrogen and oxygen atoms in total. The summed E-state index contributed by atoms with van der Waals surface area (Å²) in [6.07, 6.45) is 10.4. The number of amides is 3. The van der Waals surface area contributed by atoms with Gasteiger partial charge in [-0.2, -0.15) is 0 Å². The quantitative estimate of drug-likeness (QED) is 0.573. The van der Waals surface area contributed by atoms with Gasteiger partial charge in [-0.25, -0.2) is 0 Å². The summed E-state index contributed by atoms with van der Waals surface area (Å²) in [6, 6.07) is 0.214. The Labute approximate surface area is 210 Å². The smallest absolute Gasteiger partial charge is 0.226 e. The zero-order valence-corrected chi connectivity index (χ0v) is 23.1. The first-order valence-electron chi connectivity index (χ1n) is 14.0. The Morgan fingerprint density at radius 2 is 1.44 bits per heavy atom. The Morgan fingerprint density at radius 1 is 0.882 bits per heavy atom. The van der Waals surface area contributed by atoms with E-state index in [1.165, 1.54) is 25.7 Å². The summed E-state index contributed by atoms with van der Waals surface area (Å²) < 4.78 is 0. The van der Waals surface area contributed by atoms with Crippen molar-refractivity contribution < 1.29 is 14.4 Å². The molecule has 0 spiro atoms. The minimum Gasteiger partial charge on any atom is -0.345 e. The van der Waals surface area contributed by atoms with Gasteiger partial charge in [0.25, 0.3) is 0 Å². The van der Waals surface area contributed by atoms with Crippen LogP contribution < -0.4 is 5.32 Å². The summed E-state index contributed by atoms with van der Waals surface area (Å²) in [5, 5.41) is 3.47. The van der Waals surface area contributed by atoms with Gasteiger partial charge < -0.3 is 20.0 Å². The average Bonchev–Trinajstić information content (AvgIpc) is 2.89. The molecule has 3 amide bonds. The summed E-state index contributed by atoms with van der Waals surface area (Å²) in [5.74, 6) is 0.00523. The second-order valence-corrected chi connectivity index (χ2v) is 8.89. The molecule has 1 atom stereocenters. The largest absolute Gasteiger partial charge is 0.345 e. The SMILES string of the molecule is CC.CC.CC[C@@H](CC(=O)N1CCC(N(C)C=O)CC1)C(=O)N1CCCCCCCNCCC1. The van der Waals surface area contributed by atoms with Gasteiger partial charge in [-0.05, 0) is 51.6 Å². The van der Waals surface area contributed by atoms with E-state index in [0.717, 1.165) is 58.3 Å². The number of piperidine rings is 1. The van der Waals surface area contributed by atoms with E-state index in [0.29, 0.717) is 25.9 Å². The second kappa shape index (κ2) is 20.7. The molecule has 2 heterocycles. The van der Waals surface area contributed by atoms with Crippen molar-refractivity contribution in [2.75, 3.05) is 46.3 Å². The van der Waals surface area contributed by atoms with Crippen LogP contribution in [0.5, 0.6) is 0 Å². The van der Waals surface area contributed by atoms with Gasteiger partial charge in [0.15, 0.2) is 0 Å². The van der Waals surface area contributed by atoms with E-state index in [2.05, 4.69) is 5.32 Å². The maximum absolute atomic E-state index is 13.2. The highest BCUT2D eigenvalue weighted by Crippen LogP contribution is 2.20. The van der Waals surface area contributed by atoms with Gasteiger partial charge in [-0.3, -0.25) is 14.4 Å². The lowest BCUT2D eigenvalue weighted by Crippen LogP contribution is -2.46. The zero-order chi connectivity index (χ0) is 25.8. The van der Waals surface area contributed by atoms with Gasteiger partial charge in [-0.15, -0.1) is 0 Å². The Morgan fingerprint density at radius 3 is 2.06 bits per heavy atom. The molecule has 0 aliphatic carbocycles. The number of carbonyl (C=O) groups is 3. The molecule has 0 radical (unpaired) electrons. The van der Waals surface area contributed by atoms with Crippen molar-refractivity contribution in [2.45, 2.75) is 105 Å². The molecule has 34 heavy (non-hydrogen) atoms. The van der Waals surface area contributed by atoms with Gasteiger partial charge in [0.05, 0.1) is 0 Å². The molecule has 0 aromatic heterocycles. The fourth-order valence-corrected chi connectivity index (χ4v) is 4.55. The third kappa shape index (κ3) is 12.2. The van der Waals surface area contributed by atoms with E-state index < -0.39 is 0 Å². The van der Waals surface area contributed by atoms with Crippen molar-refractivity contribution in [3.63, 3.8) is 0 Å². The standard InChI is InChI=1S/C23H42N4O3.2C2H6/c1-3-20(18-22(29)26-16-10-21(11-17-26)25(2)19-28)23(30)27-14-8-6-4-5-7-12-24-13-9-15-27;2*1-2/h19-21,24H,3-18H2,1-2H3;2*1-2H3/t20-;;/m0../s1. The molecule has 0 aromatic rings. The molecule has 1 N–H and O–H groups in total. The normalized spacial score (nSPS) is 19.1. The molecule has 2 fully saturated rings. The molecular weight excluding hydrogens is 428 g/mol. The predicted molar refractivity (Wildman–Crippen MR) is 142 cm³/mol. The average molecular weight is 483 g/mol. The molecular formula is C27H54N4O3. The van der Waals surface area contributed by atoms with Crippen LogP contribution in [-0.2, 0) is 14.4 Å². The Hall–Kier alpha value is -1.63. The van der Waals surface area contributed by atoms with Crippen LogP contribution >= 0.6 is 0 Å². The highest BCUT2D eigenvalue weighted by atomic mass is 16.2. The minimum atomic E-state index is -0.228. The maximum atomic E-state index is 13.2. The number of carbonyl (C=O) groups excluding carboxylic acids is 3. The predicted octanol–water partition coefficient (Wildman–Crippen LogP) is 4.31. The number of hydrogen-bond donors (Lipinski definition) is 1. The first kappa shape index (κ1) is 32.4. The van der Waals surface area contributed by atoms with Crippen LogP contribution in [0.1, 0.15) is 98.8 Å². The van der Waals surface area contributed by atoms with Crippen molar-refractivity contribution >= 4 is 18.2 Å². The second-order valence-electron chi connectivity index (χ2n) is 8.89. The first-order valence-corrected chi connectivity index (χ1v) is 14.0. The van der Waals surface area contributed by atoms with Crippen LogP contribution in [-0.4, -0.2) is 85.3 Å². The van der Waals surface area contributed by atoms with Crippen molar-refractivity contribution in [3.8, 4) is 0 Å². The van der Waals surface area contributed by atoms with Gasteiger partial charge in [0.1, 0.15) is 0 Å². The van der Waals surface area contributed by atoms with Gasteiger partial charge in [0, 0.05) is 51.6 Å². The maximum Gasteiger partial charge on any atom is 0.226 e. The molecule has 2 aliphatic heterocycles. The Balaban J connectivity index is 0.00000258. The Kier molecular flexibility index (Phi) is 19.7. The van der Waals surface area contributed by atoms with Crippen LogP contribution in [0.3, 0.4) is 0 Å². The van der Waals surface area contributed by atoms with Crippen LogP contribution in [0, 0.1) is 5.92 Å². The number of rotatable bonds is 6. The summed E-state index contributed by atoms with van der Waals surface area (Å²) in [6.45, 7) is 15.0. The third-order valence-corrected chi connectivity index (χ3v) is 6.70. The highest BCUT2D eigenvalue weighted by Gasteiger charge is 2.29. The van der Waals surface area contributed by atoms with E-state index in [9.17, 15) is 14.4 Å². The zero-order valence-electron chi connectivity index (χ0n) is 23.1. The fraction of sp³-hybridized carbons (Fsp3) is 0.889. The monoisotopic (exact) mass is 482 g/mol. The lowest BCUT2D eigenvalue weighted by Gasteiger charge is -2.36. The molecule has 0 unspecified atom stereocenters. The number of nitrogens with zero attached hydrogens (tertiary/aromatic N) is 3. The van der Waals surface area contributed by atoms with Crippen molar-refractivity contribution in [3.05, 3.63) is 0 Å². The third-order valence-electron chi connectivity index (χ3n) is 6.70. The minimum absolute atomic E-state index is 0.0819. The molecule has 7 heteroatoms. The lowest BCUT2D eigenvalue weighted by atomic mass is 9.97. The van der Waals surface area contributed by atoms with Gasteiger partial charge >= 0.3 is 0 Å². The van der Waals surface area contributed by atoms with Crippen molar-refractivity contribution in [1.29, 1.82) is 0 Å². The molecule has 0 saturated carbocycles. The van der Waals surface area contributed by atoms with Crippen molar-refractivity contribution in [1.82, 2.24) is 20.0 Å². The number of likely N-dealkylation sites (tertiary alicyclic amines) is 1. The lowest BCUT2D eigenvalue weighted by molar-refractivity contribution is -0.142. The summed E-state index contributed by atoms with van der Waals surface area (Å²) >= 11 is 0. The van der Waals surface area contributed by atoms with Gasteiger partial charge in [-0.1, -0.05) is 53.9 Å². The van der Waals surface area contributed by atoms with E-state index in [-0.39, 0.29) is 23.8 Å². The fourth-order valence-electron chi connectivity index (χ4n) is 4.55.